The third-order valence-corrected chi connectivity index (χ3v) is 3.05. The predicted molar refractivity (Wildman–Crippen MR) is 78.5 cm³/mol. The molecule has 1 aliphatic heterocycles. The molecule has 5 N–H and O–H groups in total. The van der Waals surface area contributed by atoms with Gasteiger partial charge in [-0.1, -0.05) is 0 Å². The van der Waals surface area contributed by atoms with Gasteiger partial charge in [-0.3, -0.25) is 10.4 Å². The largest absolute Gasteiger partial charge is 0.382 e. The molecule has 0 atom stereocenters. The van der Waals surface area contributed by atoms with Gasteiger partial charge in [0.05, 0.1) is 6.20 Å². The molecule has 1 aliphatic rings. The number of hydrogen-bond acceptors (Lipinski definition) is 6. The van der Waals surface area contributed by atoms with Crippen molar-refractivity contribution in [2.75, 3.05) is 31.1 Å². The maximum absolute atomic E-state index is 7.96. The van der Waals surface area contributed by atoms with Crippen molar-refractivity contribution in [2.45, 2.75) is 0 Å². The lowest BCUT2D eigenvalue weighted by atomic mass is 10.3. The van der Waals surface area contributed by atoms with Crippen LogP contribution in [0, 0.1) is 5.41 Å². The van der Waals surface area contributed by atoms with Gasteiger partial charge in [0.1, 0.15) is 17.5 Å². The Balaban J connectivity index is 1.88. The fraction of sp³-hybridized carbons (Fsp3) is 0.333. The monoisotopic (exact) mass is 274 g/mol. The fourth-order valence-electron chi connectivity index (χ4n) is 1.94. The lowest BCUT2D eigenvalue weighted by Crippen LogP contribution is -2.48. The number of amidine groups is 2. The quantitative estimate of drug-likeness (QED) is 0.292. The number of nitrogens with one attached hydrogen (secondary N) is 1. The van der Waals surface area contributed by atoms with E-state index >= 15 is 0 Å². The van der Waals surface area contributed by atoms with E-state index in [1.165, 1.54) is 6.08 Å². The molecule has 1 aromatic heterocycles. The van der Waals surface area contributed by atoms with Crippen molar-refractivity contribution in [2.24, 2.45) is 16.7 Å². The predicted octanol–water partition coefficient (Wildman–Crippen LogP) is -0.637. The van der Waals surface area contributed by atoms with Crippen LogP contribution in [0.3, 0.4) is 0 Å². The molecule has 0 radical (unpaired) electrons. The van der Waals surface area contributed by atoms with Crippen LogP contribution in [0.5, 0.6) is 0 Å². The molecule has 2 heterocycles. The fourth-order valence-corrected chi connectivity index (χ4v) is 1.94. The first kappa shape index (κ1) is 13.8. The summed E-state index contributed by atoms with van der Waals surface area (Å²) in [4.78, 5) is 12.5. The molecule has 0 amide bonds. The molecule has 0 aliphatic carbocycles. The molecule has 106 valence electrons. The highest BCUT2D eigenvalue weighted by atomic mass is 15.3. The highest BCUT2D eigenvalue weighted by Crippen LogP contribution is 2.11. The summed E-state index contributed by atoms with van der Waals surface area (Å²) < 4.78 is 0. The molecule has 0 bridgehead atoms. The van der Waals surface area contributed by atoms with Crippen LogP contribution in [0.4, 0.5) is 5.82 Å². The minimum absolute atomic E-state index is 0.202. The minimum atomic E-state index is 0.202. The van der Waals surface area contributed by atoms with Crippen molar-refractivity contribution in [3.63, 3.8) is 0 Å². The zero-order valence-electron chi connectivity index (χ0n) is 11.1. The van der Waals surface area contributed by atoms with E-state index < -0.39 is 0 Å². The molecule has 2 rings (SSSR count). The van der Waals surface area contributed by atoms with Gasteiger partial charge in [0.2, 0.25) is 0 Å². The van der Waals surface area contributed by atoms with Crippen molar-refractivity contribution in [1.82, 2.24) is 14.9 Å². The van der Waals surface area contributed by atoms with E-state index in [1.54, 1.807) is 24.7 Å². The summed E-state index contributed by atoms with van der Waals surface area (Å²) in [6.45, 7) is 3.10. The van der Waals surface area contributed by atoms with Gasteiger partial charge in [0.15, 0.2) is 0 Å². The normalized spacial score (nSPS) is 16.7. The molecular weight excluding hydrogens is 256 g/mol. The molecule has 0 spiro atoms. The van der Waals surface area contributed by atoms with Gasteiger partial charge in [-0.15, -0.1) is 0 Å². The van der Waals surface area contributed by atoms with Crippen LogP contribution < -0.4 is 16.5 Å². The number of piperazine rings is 1. The first-order valence-electron chi connectivity index (χ1n) is 6.26. The first-order chi connectivity index (χ1) is 9.70. The smallest absolute Gasteiger partial charge is 0.147 e. The van der Waals surface area contributed by atoms with Crippen molar-refractivity contribution >= 4 is 17.5 Å². The maximum atomic E-state index is 7.96. The van der Waals surface area contributed by atoms with Crippen molar-refractivity contribution in [1.29, 1.82) is 5.41 Å². The van der Waals surface area contributed by atoms with Gasteiger partial charge in [0.25, 0.3) is 0 Å². The Kier molecular flexibility index (Phi) is 4.48. The van der Waals surface area contributed by atoms with Crippen LogP contribution in [-0.2, 0) is 0 Å². The van der Waals surface area contributed by atoms with Crippen molar-refractivity contribution in [3.05, 3.63) is 30.7 Å². The SMILES string of the molecule is N=C(/C=C\C(N)=N\N)N1CCN(c2cnccn2)CC1. The molecule has 1 saturated heterocycles. The standard InChI is InChI=1S/C12H18N8/c13-10(18-15)1-2-11(14)19-5-7-20(8-6-19)12-9-16-3-4-17-12/h1-4,9,14H,5-8,15H2,(H2,13,18)/b2-1-,14-11?. The molecule has 8 nitrogen and oxygen atoms in total. The van der Waals surface area contributed by atoms with E-state index in [1.807, 2.05) is 4.90 Å². The molecule has 0 unspecified atom stereocenters. The van der Waals surface area contributed by atoms with Gasteiger partial charge in [-0.05, 0) is 12.2 Å². The highest BCUT2D eigenvalue weighted by molar-refractivity contribution is 5.99. The highest BCUT2D eigenvalue weighted by Gasteiger charge is 2.18. The summed E-state index contributed by atoms with van der Waals surface area (Å²) >= 11 is 0. The zero-order chi connectivity index (χ0) is 14.4. The lowest BCUT2D eigenvalue weighted by Gasteiger charge is -2.35. The first-order valence-corrected chi connectivity index (χ1v) is 6.26. The molecule has 0 aromatic carbocycles. The Hall–Kier alpha value is -2.64. The third kappa shape index (κ3) is 3.44. The van der Waals surface area contributed by atoms with E-state index in [2.05, 4.69) is 20.0 Å². The number of aromatic nitrogens is 2. The summed E-state index contributed by atoms with van der Waals surface area (Å²) in [6, 6.07) is 0. The zero-order valence-corrected chi connectivity index (χ0v) is 11.1. The summed E-state index contributed by atoms with van der Waals surface area (Å²) in [7, 11) is 0. The molecule has 8 heteroatoms. The second-order valence-electron chi connectivity index (χ2n) is 4.31. The Morgan fingerprint density at radius 3 is 2.60 bits per heavy atom. The average Bonchev–Trinajstić information content (AvgIpc) is 2.53. The summed E-state index contributed by atoms with van der Waals surface area (Å²) in [5.74, 6) is 6.50. The van der Waals surface area contributed by atoms with E-state index in [-0.39, 0.29) is 5.84 Å². The number of hydrazone groups is 1. The molecule has 1 aromatic rings. The summed E-state index contributed by atoms with van der Waals surface area (Å²) in [6.07, 6.45) is 8.21. The van der Waals surface area contributed by atoms with Gasteiger partial charge in [0, 0.05) is 38.6 Å². The third-order valence-electron chi connectivity index (χ3n) is 3.05. The topological polar surface area (TPSA) is 121 Å². The number of hydrogen-bond donors (Lipinski definition) is 3. The van der Waals surface area contributed by atoms with Crippen LogP contribution >= 0.6 is 0 Å². The van der Waals surface area contributed by atoms with Crippen molar-refractivity contribution in [3.8, 4) is 0 Å². The van der Waals surface area contributed by atoms with E-state index in [0.29, 0.717) is 5.84 Å². The Bertz CT molecular complexity index is 501. The summed E-state index contributed by atoms with van der Waals surface area (Å²) in [5, 5.41) is 11.3. The lowest BCUT2D eigenvalue weighted by molar-refractivity contribution is 0.384. The van der Waals surface area contributed by atoms with Crippen LogP contribution in [0.1, 0.15) is 0 Å². The number of rotatable bonds is 3. The van der Waals surface area contributed by atoms with E-state index in [4.69, 9.17) is 17.0 Å². The van der Waals surface area contributed by atoms with Gasteiger partial charge in [-0.25, -0.2) is 4.98 Å². The van der Waals surface area contributed by atoms with Gasteiger partial charge in [-0.2, -0.15) is 5.10 Å². The Morgan fingerprint density at radius 2 is 2.00 bits per heavy atom. The van der Waals surface area contributed by atoms with E-state index in [0.717, 1.165) is 32.0 Å². The van der Waals surface area contributed by atoms with Crippen LogP contribution in [0.25, 0.3) is 0 Å². The molecular formula is C12H18N8. The second-order valence-corrected chi connectivity index (χ2v) is 4.31. The molecule has 0 saturated carbocycles. The average molecular weight is 274 g/mol. The van der Waals surface area contributed by atoms with Crippen LogP contribution in [-0.4, -0.2) is 52.7 Å². The Morgan fingerprint density at radius 1 is 1.25 bits per heavy atom. The minimum Gasteiger partial charge on any atom is -0.382 e. The number of nitrogens with two attached hydrogens (primary N) is 2. The summed E-state index contributed by atoms with van der Waals surface area (Å²) in [5.41, 5.74) is 5.45. The van der Waals surface area contributed by atoms with Crippen molar-refractivity contribution < 1.29 is 0 Å². The maximum Gasteiger partial charge on any atom is 0.147 e. The molecule has 20 heavy (non-hydrogen) atoms. The Labute approximate surface area is 117 Å². The van der Waals surface area contributed by atoms with E-state index in [9.17, 15) is 0 Å². The number of anilines is 1. The molecule has 1 fully saturated rings. The number of nitrogens with zero attached hydrogens (tertiary/aromatic N) is 5. The second kappa shape index (κ2) is 6.50. The van der Waals surface area contributed by atoms with Gasteiger partial charge >= 0.3 is 0 Å². The van der Waals surface area contributed by atoms with Crippen LogP contribution in [0.15, 0.2) is 35.8 Å². The van der Waals surface area contributed by atoms with Gasteiger partial charge < -0.3 is 21.4 Å². The van der Waals surface area contributed by atoms with Crippen LogP contribution in [0.2, 0.25) is 0 Å².